The number of rotatable bonds is 2. The van der Waals surface area contributed by atoms with Crippen LogP contribution in [-0.4, -0.2) is 13.2 Å². The second kappa shape index (κ2) is 3.74. The molecule has 0 spiro atoms. The normalized spacial score (nSPS) is 21.1. The van der Waals surface area contributed by atoms with Crippen LogP contribution in [0.5, 0.6) is 5.75 Å². The molecule has 0 radical (unpaired) electrons. The third-order valence-electron chi connectivity index (χ3n) is 4.02. The zero-order valence-electron chi connectivity index (χ0n) is 9.26. The van der Waals surface area contributed by atoms with Crippen LogP contribution >= 0.6 is 15.9 Å². The second-order valence-corrected chi connectivity index (χ2v) is 5.79. The first-order valence-corrected chi connectivity index (χ1v) is 6.70. The Labute approximate surface area is 104 Å². The maximum Gasteiger partial charge on any atom is 0.126 e. The first-order chi connectivity index (χ1) is 7.75. The quantitative estimate of drug-likeness (QED) is 0.905. The van der Waals surface area contributed by atoms with E-state index < -0.39 is 0 Å². The summed E-state index contributed by atoms with van der Waals surface area (Å²) in [5.41, 5.74) is 8.84. The molecule has 0 bridgehead atoms. The fraction of sp³-hybridized carbons (Fsp3) is 0.538. The Hall–Kier alpha value is -0.540. The fourth-order valence-electron chi connectivity index (χ4n) is 2.85. The molecule has 16 heavy (non-hydrogen) atoms. The van der Waals surface area contributed by atoms with Crippen molar-refractivity contribution in [2.24, 2.45) is 5.73 Å². The Morgan fingerprint density at radius 1 is 1.38 bits per heavy atom. The summed E-state index contributed by atoms with van der Waals surface area (Å²) in [6.45, 7) is 1.55. The van der Waals surface area contributed by atoms with Gasteiger partial charge in [-0.3, -0.25) is 0 Å². The van der Waals surface area contributed by atoms with Crippen LogP contribution in [0, 0.1) is 0 Å². The largest absolute Gasteiger partial charge is 0.493 e. The highest BCUT2D eigenvalue weighted by molar-refractivity contribution is 9.10. The number of fused-ring (bicyclic) bond motifs is 1. The van der Waals surface area contributed by atoms with Gasteiger partial charge in [-0.1, -0.05) is 22.4 Å². The minimum Gasteiger partial charge on any atom is -0.493 e. The Morgan fingerprint density at radius 3 is 2.81 bits per heavy atom. The minimum absolute atomic E-state index is 0.193. The summed E-state index contributed by atoms with van der Waals surface area (Å²) in [6, 6.07) is 4.38. The van der Waals surface area contributed by atoms with Crippen LogP contribution in [0.15, 0.2) is 16.6 Å². The molecule has 0 amide bonds. The summed E-state index contributed by atoms with van der Waals surface area (Å²) in [4.78, 5) is 0. The van der Waals surface area contributed by atoms with Crippen LogP contribution in [0.2, 0.25) is 0 Å². The Balaban J connectivity index is 2.13. The highest BCUT2D eigenvalue weighted by atomic mass is 79.9. The first kappa shape index (κ1) is 10.6. The van der Waals surface area contributed by atoms with E-state index in [1.54, 1.807) is 0 Å². The monoisotopic (exact) mass is 281 g/mol. The van der Waals surface area contributed by atoms with Crippen molar-refractivity contribution in [1.29, 1.82) is 0 Å². The van der Waals surface area contributed by atoms with E-state index in [4.69, 9.17) is 10.5 Å². The Bertz CT molecular complexity index is 421. The number of halogens is 1. The average molecular weight is 282 g/mol. The van der Waals surface area contributed by atoms with E-state index in [1.165, 1.54) is 30.4 Å². The second-order valence-electron chi connectivity index (χ2n) is 4.88. The number of nitrogens with two attached hydrogens (primary N) is 1. The predicted octanol–water partition coefficient (Wildman–Crippen LogP) is 2.76. The van der Waals surface area contributed by atoms with Crippen molar-refractivity contribution in [2.75, 3.05) is 13.2 Å². The zero-order chi connectivity index (χ0) is 11.2. The number of benzene rings is 1. The van der Waals surface area contributed by atoms with Crippen LogP contribution in [0.25, 0.3) is 0 Å². The third-order valence-corrected chi connectivity index (χ3v) is 4.48. The van der Waals surface area contributed by atoms with Gasteiger partial charge in [0.1, 0.15) is 5.75 Å². The molecule has 2 nitrogen and oxygen atoms in total. The van der Waals surface area contributed by atoms with Crippen molar-refractivity contribution >= 4 is 15.9 Å². The van der Waals surface area contributed by atoms with Crippen LogP contribution in [0.1, 0.15) is 30.4 Å². The molecule has 0 aromatic heterocycles. The van der Waals surface area contributed by atoms with E-state index in [-0.39, 0.29) is 5.41 Å². The first-order valence-electron chi connectivity index (χ1n) is 5.91. The van der Waals surface area contributed by atoms with Gasteiger partial charge in [0.25, 0.3) is 0 Å². The third kappa shape index (κ3) is 1.41. The molecule has 2 N–H and O–H groups in total. The molecular weight excluding hydrogens is 266 g/mol. The summed E-state index contributed by atoms with van der Waals surface area (Å²) in [7, 11) is 0. The maximum atomic E-state index is 5.97. The van der Waals surface area contributed by atoms with Gasteiger partial charge in [0, 0.05) is 28.4 Å². The molecule has 0 saturated heterocycles. The smallest absolute Gasteiger partial charge is 0.126 e. The Kier molecular flexibility index (Phi) is 2.48. The fourth-order valence-corrected chi connectivity index (χ4v) is 3.36. The molecule has 86 valence electrons. The van der Waals surface area contributed by atoms with Crippen molar-refractivity contribution < 1.29 is 4.74 Å². The molecule has 0 atom stereocenters. The van der Waals surface area contributed by atoms with Crippen molar-refractivity contribution in [1.82, 2.24) is 0 Å². The molecule has 0 unspecified atom stereocenters. The molecule has 1 fully saturated rings. The molecule has 3 heteroatoms. The average Bonchev–Trinajstić information content (AvgIpc) is 2.64. The summed E-state index contributed by atoms with van der Waals surface area (Å²) < 4.78 is 6.95. The van der Waals surface area contributed by atoms with Gasteiger partial charge >= 0.3 is 0 Å². The number of ether oxygens (including phenoxy) is 1. The molecule has 1 aromatic rings. The van der Waals surface area contributed by atoms with Crippen LogP contribution in [0.3, 0.4) is 0 Å². The van der Waals surface area contributed by atoms with E-state index in [2.05, 4.69) is 28.1 Å². The van der Waals surface area contributed by atoms with Gasteiger partial charge in [-0.25, -0.2) is 0 Å². The summed E-state index contributed by atoms with van der Waals surface area (Å²) in [5.74, 6) is 1.12. The Morgan fingerprint density at radius 2 is 2.19 bits per heavy atom. The van der Waals surface area contributed by atoms with Crippen LogP contribution < -0.4 is 10.5 Å². The van der Waals surface area contributed by atoms with E-state index in [0.717, 1.165) is 29.8 Å². The van der Waals surface area contributed by atoms with Crippen LogP contribution in [0.4, 0.5) is 0 Å². The van der Waals surface area contributed by atoms with Gasteiger partial charge in [0.15, 0.2) is 0 Å². The lowest BCUT2D eigenvalue weighted by Crippen LogP contribution is -2.41. The van der Waals surface area contributed by atoms with Crippen molar-refractivity contribution in [2.45, 2.75) is 31.1 Å². The standard InChI is InChI=1S/C13H16BrNO/c14-10-6-9-2-5-16-12(9)11(7-10)13(8-15)3-1-4-13/h6-7H,1-5,8,15H2. The van der Waals surface area contributed by atoms with Gasteiger partial charge in [-0.05, 0) is 30.5 Å². The molecule has 3 rings (SSSR count). The summed E-state index contributed by atoms with van der Waals surface area (Å²) in [6.07, 6.45) is 4.73. The lowest BCUT2D eigenvalue weighted by molar-refractivity contribution is 0.241. The van der Waals surface area contributed by atoms with Crippen molar-refractivity contribution in [3.05, 3.63) is 27.7 Å². The van der Waals surface area contributed by atoms with Gasteiger partial charge in [0.2, 0.25) is 0 Å². The van der Waals surface area contributed by atoms with E-state index in [0.29, 0.717) is 0 Å². The molecule has 1 aliphatic carbocycles. The van der Waals surface area contributed by atoms with E-state index in [1.807, 2.05) is 0 Å². The molecule has 1 aliphatic heterocycles. The summed E-state index contributed by atoms with van der Waals surface area (Å²) in [5, 5.41) is 0. The van der Waals surface area contributed by atoms with Gasteiger partial charge in [-0.2, -0.15) is 0 Å². The SMILES string of the molecule is NCC1(c2cc(Br)cc3c2OCC3)CCC1. The highest BCUT2D eigenvalue weighted by Gasteiger charge is 2.40. The lowest BCUT2D eigenvalue weighted by atomic mass is 9.64. The molecule has 1 saturated carbocycles. The molecule has 1 heterocycles. The molecule has 2 aliphatic rings. The minimum atomic E-state index is 0.193. The topological polar surface area (TPSA) is 35.2 Å². The van der Waals surface area contributed by atoms with E-state index >= 15 is 0 Å². The zero-order valence-corrected chi connectivity index (χ0v) is 10.8. The molecule has 1 aromatic carbocycles. The number of hydrogen-bond acceptors (Lipinski definition) is 2. The van der Waals surface area contributed by atoms with Gasteiger partial charge in [-0.15, -0.1) is 0 Å². The maximum absolute atomic E-state index is 5.97. The van der Waals surface area contributed by atoms with Crippen LogP contribution in [-0.2, 0) is 11.8 Å². The number of hydrogen-bond donors (Lipinski definition) is 1. The van der Waals surface area contributed by atoms with Gasteiger partial charge < -0.3 is 10.5 Å². The predicted molar refractivity (Wildman–Crippen MR) is 67.9 cm³/mol. The van der Waals surface area contributed by atoms with E-state index in [9.17, 15) is 0 Å². The summed E-state index contributed by atoms with van der Waals surface area (Å²) >= 11 is 3.59. The highest BCUT2D eigenvalue weighted by Crippen LogP contribution is 2.49. The van der Waals surface area contributed by atoms with Crippen molar-refractivity contribution in [3.63, 3.8) is 0 Å². The molecular formula is C13H16BrNO. The van der Waals surface area contributed by atoms with Crippen molar-refractivity contribution in [3.8, 4) is 5.75 Å². The van der Waals surface area contributed by atoms with Gasteiger partial charge in [0.05, 0.1) is 6.61 Å². The lowest BCUT2D eigenvalue weighted by Gasteiger charge is -2.42.